The topological polar surface area (TPSA) is 81.7 Å². The summed E-state index contributed by atoms with van der Waals surface area (Å²) in [6.07, 6.45) is 0.690. The molecule has 1 N–H and O–H groups in total. The minimum absolute atomic E-state index is 0.251. The molecule has 0 aromatic heterocycles. The fourth-order valence-electron chi connectivity index (χ4n) is 2.23. The molecule has 2 rings (SSSR count). The first-order valence-electron chi connectivity index (χ1n) is 8.71. The summed E-state index contributed by atoms with van der Waals surface area (Å²) in [6, 6.07) is 14.8. The predicted octanol–water partition coefficient (Wildman–Crippen LogP) is 2.80. The summed E-state index contributed by atoms with van der Waals surface area (Å²) in [5, 5.41) is 2.43. The second-order valence-corrected chi connectivity index (χ2v) is 5.29. The molecule has 0 radical (unpaired) electrons. The van der Waals surface area contributed by atoms with Gasteiger partial charge in [0.25, 0.3) is 0 Å². The van der Waals surface area contributed by atoms with Crippen molar-refractivity contribution in [3.05, 3.63) is 65.7 Å². The zero-order valence-electron chi connectivity index (χ0n) is 15.8. The molecule has 0 aliphatic carbocycles. The Morgan fingerprint density at radius 3 is 2.22 bits per heavy atom. The van der Waals surface area contributed by atoms with Crippen molar-refractivity contribution in [3.8, 4) is 5.75 Å². The van der Waals surface area contributed by atoms with Crippen LogP contribution in [0.4, 0.5) is 0 Å². The van der Waals surface area contributed by atoms with Crippen LogP contribution in [0.15, 0.2) is 54.6 Å². The molecule has 0 saturated heterocycles. The lowest BCUT2D eigenvalue weighted by atomic mass is 10.1. The molecule has 6 heteroatoms. The maximum Gasteiger partial charge on any atom is 0.329 e. The molecule has 0 fully saturated rings. The van der Waals surface area contributed by atoms with Gasteiger partial charge < -0.3 is 14.8 Å². The number of Topliss-reactive ketones (excluding diaryl/α,β-unsaturated/α-hetero) is 1. The molecule has 0 spiro atoms. The highest BCUT2D eigenvalue weighted by atomic mass is 16.5. The van der Waals surface area contributed by atoms with E-state index in [1.54, 1.807) is 61.7 Å². The van der Waals surface area contributed by atoms with Gasteiger partial charge in [-0.2, -0.15) is 0 Å². The summed E-state index contributed by atoms with van der Waals surface area (Å²) < 4.78 is 10.1. The second kappa shape index (κ2) is 12.2. The van der Waals surface area contributed by atoms with Gasteiger partial charge in [0.15, 0.2) is 12.4 Å². The van der Waals surface area contributed by atoms with Crippen LogP contribution < -0.4 is 10.1 Å². The molecule has 2 aromatic carbocycles. The molecule has 6 nitrogen and oxygen atoms in total. The van der Waals surface area contributed by atoms with Gasteiger partial charge in [-0.25, -0.2) is 4.79 Å². The zero-order chi connectivity index (χ0) is 20.1. The number of esters is 1. The number of carbonyl (C=O) groups is 3. The summed E-state index contributed by atoms with van der Waals surface area (Å²) in [5.41, 5.74) is 1.29. The molecule has 27 heavy (non-hydrogen) atoms. The monoisotopic (exact) mass is 371 g/mol. The molecule has 1 atom stereocenters. The highest BCUT2D eigenvalue weighted by Crippen LogP contribution is 2.13. The van der Waals surface area contributed by atoms with Crippen molar-refractivity contribution in [3.63, 3.8) is 0 Å². The van der Waals surface area contributed by atoms with Gasteiger partial charge in [-0.05, 0) is 17.7 Å². The van der Waals surface area contributed by atoms with Gasteiger partial charge in [-0.15, -0.1) is 0 Å². The number of hydrogen-bond donors (Lipinski definition) is 1. The van der Waals surface area contributed by atoms with Crippen molar-refractivity contribution in [1.29, 1.82) is 0 Å². The third-order valence-corrected chi connectivity index (χ3v) is 3.59. The molecule has 0 saturated carbocycles. The van der Waals surface area contributed by atoms with Crippen LogP contribution in [-0.2, 0) is 20.7 Å². The number of ketones is 1. The number of hydrogen-bond acceptors (Lipinski definition) is 5. The van der Waals surface area contributed by atoms with Crippen molar-refractivity contribution in [2.75, 3.05) is 13.7 Å². The Labute approximate surface area is 159 Å². The van der Waals surface area contributed by atoms with Crippen LogP contribution >= 0.6 is 0 Å². The third kappa shape index (κ3) is 7.32. The standard InChI is InChI=1S/C19H19NO5.C2H6/c1-24-16-9-7-14(8-10-16)11-17(20-13-21)19(23)25-12-18(22)15-5-3-2-4-6-15;1-2/h2-10,13,17H,11-12H2,1H3,(H,20,21);1-2H3. The van der Waals surface area contributed by atoms with E-state index >= 15 is 0 Å². The minimum atomic E-state index is -0.866. The van der Waals surface area contributed by atoms with E-state index in [1.165, 1.54) is 0 Å². The predicted molar refractivity (Wildman–Crippen MR) is 103 cm³/mol. The Morgan fingerprint density at radius 1 is 1.04 bits per heavy atom. The smallest absolute Gasteiger partial charge is 0.329 e. The van der Waals surface area contributed by atoms with Gasteiger partial charge in [-0.1, -0.05) is 56.3 Å². The second-order valence-electron chi connectivity index (χ2n) is 5.29. The van der Waals surface area contributed by atoms with E-state index in [9.17, 15) is 14.4 Å². The van der Waals surface area contributed by atoms with Gasteiger partial charge >= 0.3 is 5.97 Å². The van der Waals surface area contributed by atoms with E-state index in [2.05, 4.69) is 5.32 Å². The summed E-state index contributed by atoms with van der Waals surface area (Å²) in [5.74, 6) is -0.268. The maximum absolute atomic E-state index is 12.2. The van der Waals surface area contributed by atoms with Gasteiger partial charge in [0, 0.05) is 12.0 Å². The largest absolute Gasteiger partial charge is 0.497 e. The quantitative estimate of drug-likeness (QED) is 0.416. The van der Waals surface area contributed by atoms with Crippen LogP contribution in [0.5, 0.6) is 5.75 Å². The number of carbonyl (C=O) groups excluding carboxylic acids is 3. The first-order chi connectivity index (χ1) is 13.1. The molecule has 0 heterocycles. The van der Waals surface area contributed by atoms with E-state index in [4.69, 9.17) is 9.47 Å². The normalized spacial score (nSPS) is 10.6. The molecule has 2 aromatic rings. The van der Waals surface area contributed by atoms with Crippen molar-refractivity contribution in [2.45, 2.75) is 26.3 Å². The van der Waals surface area contributed by atoms with Gasteiger partial charge in [0.05, 0.1) is 7.11 Å². The summed E-state index contributed by atoms with van der Waals surface area (Å²) in [4.78, 5) is 34.9. The number of nitrogens with one attached hydrogen (secondary N) is 1. The molecule has 0 aliphatic heterocycles. The SMILES string of the molecule is CC.COc1ccc(CC(NC=O)C(=O)OCC(=O)c2ccccc2)cc1. The van der Waals surface area contributed by atoms with Crippen molar-refractivity contribution in [1.82, 2.24) is 5.32 Å². The average molecular weight is 371 g/mol. The van der Waals surface area contributed by atoms with Gasteiger partial charge in [-0.3, -0.25) is 9.59 Å². The number of ether oxygens (including phenoxy) is 2. The number of benzene rings is 2. The Morgan fingerprint density at radius 2 is 1.67 bits per heavy atom. The summed E-state index contributed by atoms with van der Waals surface area (Å²) >= 11 is 0. The Kier molecular flexibility index (Phi) is 9.93. The molecule has 0 bridgehead atoms. The third-order valence-electron chi connectivity index (χ3n) is 3.59. The Balaban J connectivity index is 0.00000176. The maximum atomic E-state index is 12.2. The average Bonchev–Trinajstić information content (AvgIpc) is 2.74. The van der Waals surface area contributed by atoms with Crippen molar-refractivity contribution in [2.24, 2.45) is 0 Å². The number of methoxy groups -OCH3 is 1. The zero-order valence-corrected chi connectivity index (χ0v) is 15.8. The molecule has 1 unspecified atom stereocenters. The first kappa shape index (κ1) is 21.9. The lowest BCUT2D eigenvalue weighted by molar-refractivity contribution is -0.145. The molecular formula is C21H25NO5. The summed E-state index contributed by atoms with van der Waals surface area (Å²) in [6.45, 7) is 3.63. The lowest BCUT2D eigenvalue weighted by Crippen LogP contribution is -2.39. The lowest BCUT2D eigenvalue weighted by Gasteiger charge is -2.15. The van der Waals surface area contributed by atoms with Gasteiger partial charge in [0.2, 0.25) is 6.41 Å². The van der Waals surface area contributed by atoms with Crippen LogP contribution in [0.3, 0.4) is 0 Å². The van der Waals surface area contributed by atoms with Crippen LogP contribution in [0, 0.1) is 0 Å². The highest BCUT2D eigenvalue weighted by Gasteiger charge is 2.21. The number of amides is 1. The summed E-state index contributed by atoms with van der Waals surface area (Å²) in [7, 11) is 1.56. The highest BCUT2D eigenvalue weighted by molar-refractivity contribution is 5.98. The van der Waals surface area contributed by atoms with E-state index in [0.29, 0.717) is 17.7 Å². The fourth-order valence-corrected chi connectivity index (χ4v) is 2.23. The fraction of sp³-hybridized carbons (Fsp3) is 0.286. The van der Waals surface area contributed by atoms with Crippen LogP contribution in [-0.4, -0.2) is 37.9 Å². The van der Waals surface area contributed by atoms with E-state index in [0.717, 1.165) is 5.56 Å². The molecule has 144 valence electrons. The van der Waals surface area contributed by atoms with Crippen LogP contribution in [0.25, 0.3) is 0 Å². The van der Waals surface area contributed by atoms with E-state index < -0.39 is 12.0 Å². The molecular weight excluding hydrogens is 346 g/mol. The molecule has 0 aliphatic rings. The van der Waals surface area contributed by atoms with Crippen molar-refractivity contribution >= 4 is 18.2 Å². The van der Waals surface area contributed by atoms with Crippen molar-refractivity contribution < 1.29 is 23.9 Å². The Hall–Kier alpha value is -3.15. The first-order valence-corrected chi connectivity index (χ1v) is 8.71. The molecule has 1 amide bonds. The van der Waals surface area contributed by atoms with E-state index in [-0.39, 0.29) is 18.8 Å². The van der Waals surface area contributed by atoms with E-state index in [1.807, 2.05) is 13.8 Å². The van der Waals surface area contributed by atoms with Crippen LogP contribution in [0.2, 0.25) is 0 Å². The van der Waals surface area contributed by atoms with Crippen LogP contribution in [0.1, 0.15) is 29.8 Å². The minimum Gasteiger partial charge on any atom is -0.497 e. The van der Waals surface area contributed by atoms with Gasteiger partial charge in [0.1, 0.15) is 11.8 Å². The number of rotatable bonds is 9. The Bertz CT molecular complexity index is 713.